The molecule has 0 radical (unpaired) electrons. The topological polar surface area (TPSA) is 56.8 Å². The fourth-order valence-corrected chi connectivity index (χ4v) is 4.89. The number of hydrogen-bond donors (Lipinski definition) is 0. The zero-order valence-corrected chi connectivity index (χ0v) is 17.0. The number of hydrogen-bond acceptors (Lipinski definition) is 5. The second-order valence-electron chi connectivity index (χ2n) is 8.24. The van der Waals surface area contributed by atoms with Crippen LogP contribution in [0.4, 0.5) is 5.69 Å². The molecular formula is C24H26N4O2. The van der Waals surface area contributed by atoms with Crippen LogP contribution in [0, 0.1) is 0 Å². The summed E-state index contributed by atoms with van der Waals surface area (Å²) in [5.74, 6) is -0.457. The van der Waals surface area contributed by atoms with E-state index in [9.17, 15) is 9.59 Å². The number of fused-ring (bicyclic) bond motifs is 3. The van der Waals surface area contributed by atoms with E-state index in [1.165, 1.54) is 28.6 Å². The molecule has 0 spiro atoms. The Kier molecular flexibility index (Phi) is 5.09. The minimum absolute atomic E-state index is 0.227. The highest BCUT2D eigenvalue weighted by atomic mass is 16.2. The van der Waals surface area contributed by atoms with E-state index in [0.29, 0.717) is 23.9 Å². The van der Waals surface area contributed by atoms with Gasteiger partial charge >= 0.3 is 0 Å². The standard InChI is InChI=1S/C24H26N4O2/c29-23-16-20(21-7-3-4-11-25-21)24(30)28(23)13-5-12-26-14-15-27-19(17-26)10-9-18-6-1-2-8-22(18)27/h1-4,6-8,11,16,19H,5,9-10,12-15,17H2. The Labute approximate surface area is 176 Å². The Bertz CT molecular complexity index is 988. The van der Waals surface area contributed by atoms with Gasteiger partial charge in [-0.25, -0.2) is 0 Å². The number of piperazine rings is 1. The molecule has 1 fully saturated rings. The molecular weight excluding hydrogens is 376 g/mol. The van der Waals surface area contributed by atoms with E-state index in [0.717, 1.165) is 39.0 Å². The van der Waals surface area contributed by atoms with E-state index >= 15 is 0 Å². The summed E-state index contributed by atoms with van der Waals surface area (Å²) in [7, 11) is 0. The van der Waals surface area contributed by atoms with Gasteiger partial charge in [-0.3, -0.25) is 24.4 Å². The summed E-state index contributed by atoms with van der Waals surface area (Å²) in [6, 6.07) is 14.7. The molecule has 0 aliphatic carbocycles. The number of carbonyl (C=O) groups is 2. The Morgan fingerprint density at radius 2 is 1.87 bits per heavy atom. The first-order valence-electron chi connectivity index (χ1n) is 10.8. The number of benzene rings is 1. The largest absolute Gasteiger partial charge is 0.366 e. The molecule has 0 N–H and O–H groups in total. The molecule has 1 aromatic carbocycles. The van der Waals surface area contributed by atoms with Crippen LogP contribution in [0.3, 0.4) is 0 Å². The summed E-state index contributed by atoms with van der Waals surface area (Å²) < 4.78 is 0. The molecule has 2 amide bonds. The number of imide groups is 1. The normalized spacial score (nSPS) is 21.5. The van der Waals surface area contributed by atoms with Gasteiger partial charge in [-0.05, 0) is 49.6 Å². The first-order chi connectivity index (χ1) is 14.7. The third kappa shape index (κ3) is 3.52. The van der Waals surface area contributed by atoms with Crippen molar-refractivity contribution in [1.29, 1.82) is 0 Å². The van der Waals surface area contributed by atoms with Crippen molar-refractivity contribution in [2.45, 2.75) is 25.3 Å². The predicted octanol–water partition coefficient (Wildman–Crippen LogP) is 2.36. The Balaban J connectivity index is 1.14. The number of nitrogens with zero attached hydrogens (tertiary/aromatic N) is 4. The van der Waals surface area contributed by atoms with Crippen LogP contribution in [-0.4, -0.2) is 65.4 Å². The third-order valence-electron chi connectivity index (χ3n) is 6.42. The van der Waals surface area contributed by atoms with Crippen molar-refractivity contribution in [2.24, 2.45) is 0 Å². The number of para-hydroxylation sites is 1. The van der Waals surface area contributed by atoms with Crippen LogP contribution >= 0.6 is 0 Å². The maximum absolute atomic E-state index is 12.7. The van der Waals surface area contributed by atoms with Crippen molar-refractivity contribution >= 4 is 23.1 Å². The lowest BCUT2D eigenvalue weighted by Gasteiger charge is -2.46. The van der Waals surface area contributed by atoms with Crippen LogP contribution in [-0.2, 0) is 16.0 Å². The maximum Gasteiger partial charge on any atom is 0.263 e. The molecule has 4 heterocycles. The SMILES string of the molecule is O=C1C=C(c2ccccn2)C(=O)N1CCCN1CCN2c3ccccc3CCC2C1. The molecule has 154 valence electrons. The van der Waals surface area contributed by atoms with E-state index in [4.69, 9.17) is 0 Å². The molecule has 30 heavy (non-hydrogen) atoms. The van der Waals surface area contributed by atoms with Gasteiger partial charge in [0.25, 0.3) is 11.8 Å². The summed E-state index contributed by atoms with van der Waals surface area (Å²) >= 11 is 0. The predicted molar refractivity (Wildman–Crippen MR) is 116 cm³/mol. The molecule has 3 aliphatic heterocycles. The highest BCUT2D eigenvalue weighted by molar-refractivity contribution is 6.33. The van der Waals surface area contributed by atoms with E-state index < -0.39 is 0 Å². The quantitative estimate of drug-likeness (QED) is 0.719. The lowest BCUT2D eigenvalue weighted by Crippen LogP contribution is -2.55. The van der Waals surface area contributed by atoms with Crippen molar-refractivity contribution in [2.75, 3.05) is 37.6 Å². The second-order valence-corrected chi connectivity index (χ2v) is 8.24. The number of rotatable bonds is 5. The molecule has 0 bridgehead atoms. The zero-order valence-electron chi connectivity index (χ0n) is 17.0. The van der Waals surface area contributed by atoms with E-state index in [-0.39, 0.29) is 11.8 Å². The van der Waals surface area contributed by atoms with Gasteiger partial charge in [-0.15, -0.1) is 0 Å². The molecule has 5 rings (SSSR count). The molecule has 6 heteroatoms. The number of anilines is 1. The molecule has 1 unspecified atom stereocenters. The first kappa shape index (κ1) is 19.0. The number of aromatic nitrogens is 1. The minimum Gasteiger partial charge on any atom is -0.366 e. The molecule has 1 saturated heterocycles. The van der Waals surface area contributed by atoms with Crippen molar-refractivity contribution in [3.05, 3.63) is 66.0 Å². The van der Waals surface area contributed by atoms with Gasteiger partial charge < -0.3 is 4.90 Å². The highest BCUT2D eigenvalue weighted by Crippen LogP contribution is 2.32. The van der Waals surface area contributed by atoms with Gasteiger partial charge in [0.15, 0.2) is 0 Å². The Hall–Kier alpha value is -2.99. The summed E-state index contributed by atoms with van der Waals surface area (Å²) in [5, 5.41) is 0. The fourth-order valence-electron chi connectivity index (χ4n) is 4.89. The van der Waals surface area contributed by atoms with Gasteiger partial charge in [0, 0.05) is 50.2 Å². The number of pyridine rings is 1. The average Bonchev–Trinajstić information content (AvgIpc) is 3.08. The second kappa shape index (κ2) is 8.03. The molecule has 1 aromatic heterocycles. The first-order valence-corrected chi connectivity index (χ1v) is 10.8. The summed E-state index contributed by atoms with van der Waals surface area (Å²) in [6.45, 7) is 4.46. The van der Waals surface area contributed by atoms with E-state index in [2.05, 4.69) is 39.0 Å². The van der Waals surface area contributed by atoms with Crippen molar-refractivity contribution in [3.8, 4) is 0 Å². The van der Waals surface area contributed by atoms with Crippen molar-refractivity contribution in [3.63, 3.8) is 0 Å². The molecule has 6 nitrogen and oxygen atoms in total. The van der Waals surface area contributed by atoms with Crippen LogP contribution < -0.4 is 4.90 Å². The van der Waals surface area contributed by atoms with Crippen molar-refractivity contribution in [1.82, 2.24) is 14.8 Å². The lowest BCUT2D eigenvalue weighted by molar-refractivity contribution is -0.136. The number of carbonyl (C=O) groups excluding carboxylic acids is 2. The van der Waals surface area contributed by atoms with Gasteiger partial charge in [-0.2, -0.15) is 0 Å². The summed E-state index contributed by atoms with van der Waals surface area (Å²) in [6.07, 6.45) is 6.19. The van der Waals surface area contributed by atoms with Crippen LogP contribution in [0.1, 0.15) is 24.1 Å². The maximum atomic E-state index is 12.7. The van der Waals surface area contributed by atoms with Crippen LogP contribution in [0.25, 0.3) is 5.57 Å². The van der Waals surface area contributed by atoms with Gasteiger partial charge in [-0.1, -0.05) is 24.3 Å². The van der Waals surface area contributed by atoms with E-state index in [1.807, 2.05) is 6.07 Å². The molecule has 0 saturated carbocycles. The summed E-state index contributed by atoms with van der Waals surface area (Å²) in [4.78, 5) is 35.6. The Morgan fingerprint density at radius 1 is 1.00 bits per heavy atom. The number of aryl methyl sites for hydroxylation is 1. The lowest BCUT2D eigenvalue weighted by atomic mass is 9.94. The third-order valence-corrected chi connectivity index (χ3v) is 6.42. The smallest absolute Gasteiger partial charge is 0.263 e. The fraction of sp³-hybridized carbons (Fsp3) is 0.375. The zero-order chi connectivity index (χ0) is 20.5. The molecule has 1 atom stereocenters. The molecule has 2 aromatic rings. The van der Waals surface area contributed by atoms with Gasteiger partial charge in [0.05, 0.1) is 11.3 Å². The average molecular weight is 402 g/mol. The van der Waals surface area contributed by atoms with Crippen LogP contribution in [0.15, 0.2) is 54.7 Å². The number of amides is 2. The molecule has 3 aliphatic rings. The van der Waals surface area contributed by atoms with Crippen LogP contribution in [0.5, 0.6) is 0 Å². The summed E-state index contributed by atoms with van der Waals surface area (Å²) in [5.41, 5.74) is 3.82. The van der Waals surface area contributed by atoms with Gasteiger partial charge in [0.1, 0.15) is 0 Å². The van der Waals surface area contributed by atoms with Crippen molar-refractivity contribution < 1.29 is 9.59 Å². The highest BCUT2D eigenvalue weighted by Gasteiger charge is 2.33. The Morgan fingerprint density at radius 3 is 2.73 bits per heavy atom. The monoisotopic (exact) mass is 402 g/mol. The van der Waals surface area contributed by atoms with Crippen LogP contribution in [0.2, 0.25) is 0 Å². The van der Waals surface area contributed by atoms with Gasteiger partial charge in [0.2, 0.25) is 0 Å². The minimum atomic E-state index is -0.229. The van der Waals surface area contributed by atoms with E-state index in [1.54, 1.807) is 18.3 Å².